The molecule has 110 valence electrons. The fourth-order valence-electron chi connectivity index (χ4n) is 1.70. The Morgan fingerprint density at radius 1 is 1.18 bits per heavy atom. The van der Waals surface area contributed by atoms with E-state index in [1.165, 1.54) is 10.4 Å². The van der Waals surface area contributed by atoms with Gasteiger partial charge in [-0.25, -0.2) is 0 Å². The van der Waals surface area contributed by atoms with E-state index in [-0.39, 0.29) is 65.0 Å². The summed E-state index contributed by atoms with van der Waals surface area (Å²) in [4.78, 5) is 21.9. The van der Waals surface area contributed by atoms with Gasteiger partial charge in [0.05, 0.1) is 4.92 Å². The Labute approximate surface area is 175 Å². The summed E-state index contributed by atoms with van der Waals surface area (Å²) in [5.74, 6) is -1.01. The third-order valence-corrected chi connectivity index (χ3v) is 3.70. The summed E-state index contributed by atoms with van der Waals surface area (Å²) in [5, 5.41) is 20.0. The molecule has 0 heterocycles. The molecule has 0 spiro atoms. The van der Waals surface area contributed by atoms with Gasteiger partial charge in [0.25, 0.3) is 5.69 Å². The molecule has 0 saturated heterocycles. The molecule has 0 aliphatic rings. The number of carboxylic acid groups (broad SMARTS) is 1. The molecule has 0 radical (unpaired) electrons. The number of hydrogen-bond donors (Lipinski definition) is 1. The second kappa shape index (κ2) is 9.28. The molecular weight excluding hydrogens is 331 g/mol. The molecule has 0 unspecified atom stereocenters. The third-order valence-electron chi connectivity index (χ3n) is 2.59. The van der Waals surface area contributed by atoms with Crippen LogP contribution in [0.2, 0.25) is 0 Å². The van der Waals surface area contributed by atoms with Crippen molar-refractivity contribution in [2.24, 2.45) is 0 Å². The monoisotopic (exact) mass is 344 g/mol. The normalized spacial score (nSPS) is 9.64. The Bertz CT molecular complexity index is 660. The second-order valence-electron chi connectivity index (χ2n) is 4.08. The summed E-state index contributed by atoms with van der Waals surface area (Å²) in [6.45, 7) is -0.263. The molecule has 0 amide bonds. The minimum absolute atomic E-state index is 0. The largest absolute Gasteiger partial charge is 1.00 e. The Morgan fingerprint density at radius 2 is 1.77 bits per heavy atom. The van der Waals surface area contributed by atoms with Gasteiger partial charge in [-0.15, -0.1) is 0 Å². The van der Waals surface area contributed by atoms with Crippen LogP contribution in [0.1, 0.15) is 1.43 Å². The van der Waals surface area contributed by atoms with Crippen molar-refractivity contribution in [3.63, 3.8) is 0 Å². The van der Waals surface area contributed by atoms with E-state index in [1.54, 1.807) is 42.5 Å². The molecule has 2 aromatic carbocycles. The average Bonchev–Trinajstić information content (AvgIpc) is 2.47. The first-order chi connectivity index (χ1) is 10.1. The summed E-state index contributed by atoms with van der Waals surface area (Å²) in [5.41, 5.74) is 0.622. The number of carboxylic acids is 1. The van der Waals surface area contributed by atoms with E-state index in [4.69, 9.17) is 5.11 Å². The van der Waals surface area contributed by atoms with Crippen molar-refractivity contribution >= 4 is 29.3 Å². The van der Waals surface area contributed by atoms with Crippen molar-refractivity contribution in [1.29, 1.82) is 0 Å². The molecule has 2 rings (SSSR count). The van der Waals surface area contributed by atoms with E-state index >= 15 is 0 Å². The van der Waals surface area contributed by atoms with Crippen molar-refractivity contribution in [2.45, 2.75) is 4.90 Å². The summed E-state index contributed by atoms with van der Waals surface area (Å²) in [7, 11) is 0. The molecule has 22 heavy (non-hydrogen) atoms. The number of nitrogens with zero attached hydrogens (tertiary/aromatic N) is 2. The second-order valence-corrected chi connectivity index (χ2v) is 5.15. The van der Waals surface area contributed by atoms with Crippen molar-refractivity contribution in [1.82, 2.24) is 0 Å². The number of para-hydroxylation sites is 2. The topological polar surface area (TPSA) is 83.7 Å². The first kappa shape index (κ1) is 19.1. The SMILES string of the molecule is O=C(O)CN(Sc1ccccc1[N+](=O)[O-])c1ccccc1.[H-].[K+]. The summed E-state index contributed by atoms with van der Waals surface area (Å²) in [6, 6.07) is 15.1. The molecule has 0 aliphatic carbocycles. The van der Waals surface area contributed by atoms with Crippen LogP contribution >= 0.6 is 11.9 Å². The Hall–Kier alpha value is -0.904. The smallest absolute Gasteiger partial charge is 1.00 e. The standard InChI is InChI=1S/C14H12N2O4S.K.H/c17-14(18)10-15(11-6-2-1-3-7-11)21-13-9-5-4-8-12(13)16(19)20;;/h1-9H,10H2,(H,17,18);;/q;+1;-1. The first-order valence-electron chi connectivity index (χ1n) is 6.03. The number of rotatable bonds is 6. The number of carbonyl (C=O) groups is 1. The Morgan fingerprint density at radius 3 is 2.36 bits per heavy atom. The van der Waals surface area contributed by atoms with Gasteiger partial charge in [0, 0.05) is 11.8 Å². The van der Waals surface area contributed by atoms with Gasteiger partial charge in [0.2, 0.25) is 0 Å². The summed E-state index contributed by atoms with van der Waals surface area (Å²) < 4.78 is 1.50. The first-order valence-corrected chi connectivity index (χ1v) is 6.81. The van der Waals surface area contributed by atoms with Gasteiger partial charge in [-0.1, -0.05) is 30.3 Å². The average molecular weight is 344 g/mol. The number of benzene rings is 2. The number of hydrogen-bond acceptors (Lipinski definition) is 5. The van der Waals surface area contributed by atoms with E-state index in [0.717, 1.165) is 11.9 Å². The predicted octanol–water partition coefficient (Wildman–Crippen LogP) is 0.310. The van der Waals surface area contributed by atoms with Crippen molar-refractivity contribution in [3.05, 3.63) is 64.7 Å². The van der Waals surface area contributed by atoms with Gasteiger partial charge in [-0.3, -0.25) is 14.9 Å². The quantitative estimate of drug-likeness (QED) is 0.351. The zero-order valence-corrected chi connectivity index (χ0v) is 15.8. The number of nitro groups is 1. The van der Waals surface area contributed by atoms with Gasteiger partial charge in [-0.2, -0.15) is 0 Å². The molecule has 6 nitrogen and oxygen atoms in total. The third kappa shape index (κ3) is 5.38. The Balaban J connectivity index is 0.00000242. The van der Waals surface area contributed by atoms with Crippen LogP contribution in [0.5, 0.6) is 0 Å². The van der Waals surface area contributed by atoms with E-state index < -0.39 is 10.9 Å². The maximum atomic E-state index is 11.0. The van der Waals surface area contributed by atoms with Crippen LogP contribution in [0, 0.1) is 10.1 Å². The predicted molar refractivity (Wildman–Crippen MR) is 81.5 cm³/mol. The van der Waals surface area contributed by atoms with Gasteiger partial charge in [0.1, 0.15) is 11.4 Å². The van der Waals surface area contributed by atoms with Gasteiger partial charge >= 0.3 is 57.4 Å². The van der Waals surface area contributed by atoms with Crippen LogP contribution in [-0.2, 0) is 4.79 Å². The van der Waals surface area contributed by atoms with E-state index in [2.05, 4.69) is 0 Å². The number of anilines is 1. The minimum atomic E-state index is -1.01. The molecule has 0 saturated carbocycles. The van der Waals surface area contributed by atoms with Crippen molar-refractivity contribution in [2.75, 3.05) is 10.8 Å². The van der Waals surface area contributed by atoms with Crippen LogP contribution in [-0.4, -0.2) is 22.5 Å². The fourth-order valence-corrected chi connectivity index (χ4v) is 2.71. The number of aliphatic carboxylic acids is 1. The summed E-state index contributed by atoms with van der Waals surface area (Å²) >= 11 is 1.04. The Kier molecular flexibility index (Phi) is 8.08. The molecule has 0 fully saturated rings. The number of nitro benzene ring substituents is 1. The summed E-state index contributed by atoms with van der Waals surface area (Å²) in [6.07, 6.45) is 0. The van der Waals surface area contributed by atoms with E-state index in [1.807, 2.05) is 6.07 Å². The molecule has 2 aromatic rings. The van der Waals surface area contributed by atoms with Crippen LogP contribution in [0.3, 0.4) is 0 Å². The van der Waals surface area contributed by atoms with Gasteiger partial charge < -0.3 is 10.8 Å². The van der Waals surface area contributed by atoms with Crippen LogP contribution < -0.4 is 55.7 Å². The molecule has 1 N–H and O–H groups in total. The zero-order chi connectivity index (χ0) is 15.2. The molecule has 0 bridgehead atoms. The van der Waals surface area contributed by atoms with Crippen LogP contribution in [0.25, 0.3) is 0 Å². The van der Waals surface area contributed by atoms with Crippen molar-refractivity contribution in [3.8, 4) is 0 Å². The minimum Gasteiger partial charge on any atom is -1.00 e. The van der Waals surface area contributed by atoms with Crippen LogP contribution in [0.4, 0.5) is 11.4 Å². The molecule has 8 heteroatoms. The maximum Gasteiger partial charge on any atom is 1.00 e. The maximum absolute atomic E-state index is 11.0. The molecule has 0 aromatic heterocycles. The fraction of sp³-hybridized carbons (Fsp3) is 0.0714. The zero-order valence-electron chi connectivity index (χ0n) is 12.9. The molecular formula is C14H13KN2O4S. The van der Waals surface area contributed by atoms with Crippen LogP contribution in [0.15, 0.2) is 59.5 Å². The molecule has 0 atom stereocenters. The van der Waals surface area contributed by atoms with Gasteiger partial charge in [0.15, 0.2) is 0 Å². The van der Waals surface area contributed by atoms with Crippen molar-refractivity contribution < 1.29 is 67.6 Å². The van der Waals surface area contributed by atoms with E-state index in [0.29, 0.717) is 10.6 Å². The molecule has 0 aliphatic heterocycles. The van der Waals surface area contributed by atoms with E-state index in [9.17, 15) is 14.9 Å². The van der Waals surface area contributed by atoms with Gasteiger partial charge in [-0.05, 0) is 30.1 Å².